The van der Waals surface area contributed by atoms with Crippen molar-refractivity contribution in [3.63, 3.8) is 0 Å². The lowest BCUT2D eigenvalue weighted by molar-refractivity contribution is 0.0767. The van der Waals surface area contributed by atoms with E-state index in [0.717, 1.165) is 10.2 Å². The van der Waals surface area contributed by atoms with Crippen molar-refractivity contribution in [2.24, 2.45) is 0 Å². The van der Waals surface area contributed by atoms with Gasteiger partial charge >= 0.3 is 0 Å². The highest BCUT2D eigenvalue weighted by atomic mass is 79.9. The summed E-state index contributed by atoms with van der Waals surface area (Å²) < 4.78 is 6.55. The molecule has 0 saturated carbocycles. The molecular weight excluding hydrogens is 358 g/mol. The summed E-state index contributed by atoms with van der Waals surface area (Å²) in [6.45, 7) is 0.837. The Morgan fingerprint density at radius 1 is 1.24 bits per heavy atom. The van der Waals surface area contributed by atoms with Crippen LogP contribution in [0.25, 0.3) is 0 Å². The van der Waals surface area contributed by atoms with E-state index < -0.39 is 0 Å². The van der Waals surface area contributed by atoms with Crippen LogP contribution in [0.3, 0.4) is 0 Å². The Hall–Kier alpha value is -1.66. The van der Waals surface area contributed by atoms with Gasteiger partial charge in [-0.2, -0.15) is 0 Å². The second-order valence-electron chi connectivity index (χ2n) is 4.27. The van der Waals surface area contributed by atoms with Gasteiger partial charge in [0, 0.05) is 11.5 Å². The third-order valence-electron chi connectivity index (χ3n) is 2.71. The number of ether oxygens (including phenoxy) is 1. The minimum Gasteiger partial charge on any atom is -0.492 e. The molecular formula is C14H13BrClN3O2. The van der Waals surface area contributed by atoms with Crippen LogP contribution in [0.1, 0.15) is 10.5 Å². The van der Waals surface area contributed by atoms with E-state index in [0.29, 0.717) is 13.2 Å². The lowest BCUT2D eigenvalue weighted by atomic mass is 10.3. The summed E-state index contributed by atoms with van der Waals surface area (Å²) in [5.74, 6) is 0.531. The van der Waals surface area contributed by atoms with Gasteiger partial charge in [0.05, 0.1) is 6.54 Å². The quantitative estimate of drug-likeness (QED) is 0.812. The smallest absolute Gasteiger partial charge is 0.274 e. The van der Waals surface area contributed by atoms with E-state index >= 15 is 0 Å². The fraction of sp³-hybridized carbons (Fsp3) is 0.214. The van der Waals surface area contributed by atoms with E-state index in [1.54, 1.807) is 13.1 Å². The summed E-state index contributed by atoms with van der Waals surface area (Å²) in [5.41, 5.74) is 0.255. The molecule has 1 amide bonds. The van der Waals surface area contributed by atoms with Gasteiger partial charge in [0.25, 0.3) is 5.91 Å². The molecule has 5 nitrogen and oxygen atoms in total. The molecule has 0 bridgehead atoms. The molecule has 2 rings (SSSR count). The molecule has 1 aromatic carbocycles. The van der Waals surface area contributed by atoms with Crippen LogP contribution in [-0.4, -0.2) is 41.2 Å². The highest BCUT2D eigenvalue weighted by molar-refractivity contribution is 9.10. The monoisotopic (exact) mass is 369 g/mol. The van der Waals surface area contributed by atoms with Crippen molar-refractivity contribution in [2.75, 3.05) is 20.2 Å². The Morgan fingerprint density at radius 3 is 2.57 bits per heavy atom. The van der Waals surface area contributed by atoms with Crippen molar-refractivity contribution in [1.82, 2.24) is 15.1 Å². The Morgan fingerprint density at radius 2 is 1.95 bits per heavy atom. The predicted molar refractivity (Wildman–Crippen MR) is 83.6 cm³/mol. The van der Waals surface area contributed by atoms with Gasteiger partial charge in [-0.3, -0.25) is 4.79 Å². The number of carbonyl (C=O) groups excluding carboxylic acids is 1. The van der Waals surface area contributed by atoms with E-state index in [1.807, 2.05) is 24.3 Å². The normalized spacial score (nSPS) is 10.2. The van der Waals surface area contributed by atoms with E-state index in [4.69, 9.17) is 16.3 Å². The maximum atomic E-state index is 12.1. The lowest BCUT2D eigenvalue weighted by Gasteiger charge is -2.16. The van der Waals surface area contributed by atoms with Gasteiger partial charge in [-0.1, -0.05) is 27.5 Å². The molecule has 0 aliphatic carbocycles. The van der Waals surface area contributed by atoms with E-state index in [2.05, 4.69) is 26.1 Å². The highest BCUT2D eigenvalue weighted by Crippen LogP contribution is 2.16. The summed E-state index contributed by atoms with van der Waals surface area (Å²) in [6, 6.07) is 10.6. The number of rotatable bonds is 5. The van der Waals surface area contributed by atoms with Gasteiger partial charge in [0.2, 0.25) is 0 Å². The molecule has 2 aromatic rings. The number of nitrogens with zero attached hydrogens (tertiary/aromatic N) is 3. The van der Waals surface area contributed by atoms with Crippen molar-refractivity contribution in [2.45, 2.75) is 0 Å². The zero-order chi connectivity index (χ0) is 15.2. The summed E-state index contributed by atoms with van der Waals surface area (Å²) in [7, 11) is 1.68. The molecule has 110 valence electrons. The molecule has 7 heteroatoms. The summed E-state index contributed by atoms with van der Waals surface area (Å²) in [6.07, 6.45) is 0. The van der Waals surface area contributed by atoms with Crippen LogP contribution in [-0.2, 0) is 0 Å². The van der Waals surface area contributed by atoms with Crippen LogP contribution in [0.5, 0.6) is 5.75 Å². The van der Waals surface area contributed by atoms with Crippen molar-refractivity contribution in [3.8, 4) is 5.75 Å². The fourth-order valence-electron chi connectivity index (χ4n) is 1.56. The first-order valence-corrected chi connectivity index (χ1v) is 7.36. The highest BCUT2D eigenvalue weighted by Gasteiger charge is 2.13. The van der Waals surface area contributed by atoms with Gasteiger partial charge in [-0.25, -0.2) is 0 Å². The van der Waals surface area contributed by atoms with Gasteiger partial charge in [-0.05, 0) is 36.4 Å². The summed E-state index contributed by atoms with van der Waals surface area (Å²) in [5, 5.41) is 7.66. The van der Waals surface area contributed by atoms with Crippen LogP contribution < -0.4 is 4.74 Å². The predicted octanol–water partition coefficient (Wildman–Crippen LogP) is 3.04. The third kappa shape index (κ3) is 4.68. The van der Waals surface area contributed by atoms with Gasteiger partial charge in [0.1, 0.15) is 12.4 Å². The molecule has 0 N–H and O–H groups in total. The first-order valence-electron chi connectivity index (χ1n) is 6.19. The largest absolute Gasteiger partial charge is 0.492 e. The number of hydrogen-bond acceptors (Lipinski definition) is 4. The standard InChI is InChI=1S/C14H13BrClN3O2/c1-19(14(20)12-6-7-13(16)18-17-12)8-9-21-11-4-2-10(15)3-5-11/h2-7H,8-9H2,1H3. The van der Waals surface area contributed by atoms with Crippen LogP contribution >= 0.6 is 27.5 Å². The first-order chi connectivity index (χ1) is 10.1. The van der Waals surface area contributed by atoms with E-state index in [1.165, 1.54) is 11.0 Å². The maximum absolute atomic E-state index is 12.1. The van der Waals surface area contributed by atoms with E-state index in [9.17, 15) is 4.79 Å². The zero-order valence-corrected chi connectivity index (χ0v) is 13.6. The van der Waals surface area contributed by atoms with Crippen LogP contribution in [0, 0.1) is 0 Å². The minimum absolute atomic E-state index is 0.224. The minimum atomic E-state index is -0.224. The van der Waals surface area contributed by atoms with Crippen LogP contribution in [0.2, 0.25) is 5.15 Å². The lowest BCUT2D eigenvalue weighted by Crippen LogP contribution is -2.31. The molecule has 0 aliphatic heterocycles. The number of halogens is 2. The second kappa shape index (κ2) is 7.38. The molecule has 0 radical (unpaired) electrons. The Kier molecular flexibility index (Phi) is 5.52. The fourth-order valence-corrected chi connectivity index (χ4v) is 1.92. The van der Waals surface area contributed by atoms with Crippen LogP contribution in [0.4, 0.5) is 0 Å². The number of benzene rings is 1. The molecule has 0 spiro atoms. The summed E-state index contributed by atoms with van der Waals surface area (Å²) >= 11 is 8.99. The average molecular weight is 371 g/mol. The molecule has 0 unspecified atom stereocenters. The van der Waals surface area contributed by atoms with E-state index in [-0.39, 0.29) is 16.8 Å². The molecule has 1 aromatic heterocycles. The topological polar surface area (TPSA) is 55.3 Å². The Labute approximate surface area is 136 Å². The number of carbonyl (C=O) groups is 1. The summed E-state index contributed by atoms with van der Waals surface area (Å²) in [4.78, 5) is 13.6. The molecule has 1 heterocycles. The zero-order valence-electron chi connectivity index (χ0n) is 11.3. The van der Waals surface area contributed by atoms with Crippen molar-refractivity contribution >= 4 is 33.4 Å². The second-order valence-corrected chi connectivity index (χ2v) is 5.57. The SMILES string of the molecule is CN(CCOc1ccc(Br)cc1)C(=O)c1ccc(Cl)nn1. The average Bonchev–Trinajstić information content (AvgIpc) is 2.49. The molecule has 0 fully saturated rings. The number of amides is 1. The molecule has 0 aliphatic rings. The van der Waals surface area contributed by atoms with Crippen molar-refractivity contribution in [1.29, 1.82) is 0 Å². The molecule has 21 heavy (non-hydrogen) atoms. The van der Waals surface area contributed by atoms with Gasteiger partial charge in [0.15, 0.2) is 10.8 Å². The van der Waals surface area contributed by atoms with Crippen molar-refractivity contribution in [3.05, 3.63) is 51.7 Å². The van der Waals surface area contributed by atoms with Crippen LogP contribution in [0.15, 0.2) is 40.9 Å². The number of hydrogen-bond donors (Lipinski definition) is 0. The number of aromatic nitrogens is 2. The Balaban J connectivity index is 1.83. The van der Waals surface area contributed by atoms with Crippen molar-refractivity contribution < 1.29 is 9.53 Å². The molecule has 0 saturated heterocycles. The first kappa shape index (κ1) is 15.7. The molecule has 0 atom stereocenters. The third-order valence-corrected chi connectivity index (χ3v) is 3.44. The maximum Gasteiger partial charge on any atom is 0.274 e. The number of likely N-dealkylation sites (N-methyl/N-ethyl adjacent to an activating group) is 1. The van der Waals surface area contributed by atoms with Gasteiger partial charge in [-0.15, -0.1) is 10.2 Å². The Bertz CT molecular complexity index is 605. The van der Waals surface area contributed by atoms with Gasteiger partial charge < -0.3 is 9.64 Å².